The molecule has 24 heavy (non-hydrogen) atoms. The van der Waals surface area contributed by atoms with Gasteiger partial charge in [-0.05, 0) is 31.5 Å². The van der Waals surface area contributed by atoms with Gasteiger partial charge in [0, 0.05) is 36.1 Å². The molecular weight excluding hydrogens is 304 g/mol. The number of aromatic carboxylic acids is 1. The maximum absolute atomic E-state index is 11.7. The van der Waals surface area contributed by atoms with Gasteiger partial charge in [0.05, 0.1) is 12.7 Å². The van der Waals surface area contributed by atoms with E-state index in [0.29, 0.717) is 24.7 Å². The summed E-state index contributed by atoms with van der Waals surface area (Å²) in [6.45, 7) is 9.17. The Kier molecular flexibility index (Phi) is 5.67. The predicted octanol–water partition coefficient (Wildman–Crippen LogP) is 3.36. The van der Waals surface area contributed by atoms with Crippen LogP contribution >= 0.6 is 0 Å². The van der Waals surface area contributed by atoms with Crippen LogP contribution in [0.25, 0.3) is 0 Å². The molecule has 2 rings (SSSR count). The summed E-state index contributed by atoms with van der Waals surface area (Å²) in [6.07, 6.45) is 0. The summed E-state index contributed by atoms with van der Waals surface area (Å²) in [5.41, 5.74) is 4.17. The number of hydrogen-bond acceptors (Lipinski definition) is 3. The van der Waals surface area contributed by atoms with Gasteiger partial charge < -0.3 is 19.7 Å². The maximum atomic E-state index is 11.7. The minimum atomic E-state index is -0.871. The molecule has 1 aromatic heterocycles. The van der Waals surface area contributed by atoms with E-state index in [1.165, 1.54) is 0 Å². The number of carboxylic acids is 1. The Balaban J connectivity index is 2.38. The Morgan fingerprint density at radius 3 is 2.33 bits per heavy atom. The first-order valence-electron chi connectivity index (χ1n) is 8.13. The summed E-state index contributed by atoms with van der Waals surface area (Å²) in [5, 5.41) is 13.0. The summed E-state index contributed by atoms with van der Waals surface area (Å²) in [6, 6.07) is 8.15. The van der Waals surface area contributed by atoms with Crippen LogP contribution in [0, 0.1) is 13.8 Å². The highest BCUT2D eigenvalue weighted by atomic mass is 16.5. The molecule has 0 atom stereocenters. The van der Waals surface area contributed by atoms with Gasteiger partial charge in [0.15, 0.2) is 0 Å². The zero-order valence-electron chi connectivity index (χ0n) is 15.0. The van der Waals surface area contributed by atoms with E-state index >= 15 is 0 Å². The number of methoxy groups -OCH3 is 1. The van der Waals surface area contributed by atoms with Crippen LogP contribution in [0.3, 0.4) is 0 Å². The van der Waals surface area contributed by atoms with Gasteiger partial charge in [-0.3, -0.25) is 0 Å². The van der Waals surface area contributed by atoms with E-state index in [-0.39, 0.29) is 0 Å². The maximum Gasteiger partial charge on any atom is 0.337 e. The molecule has 1 heterocycles. The van der Waals surface area contributed by atoms with E-state index in [2.05, 4.69) is 23.7 Å². The van der Waals surface area contributed by atoms with Crippen LogP contribution in [-0.4, -0.2) is 28.8 Å². The lowest BCUT2D eigenvalue weighted by Gasteiger charge is -2.11. The summed E-state index contributed by atoms with van der Waals surface area (Å²) < 4.78 is 7.26. The first-order valence-corrected chi connectivity index (χ1v) is 8.13. The molecule has 0 radical (unpaired) electrons. The topological polar surface area (TPSA) is 63.5 Å². The molecular formula is C19H26N2O3. The van der Waals surface area contributed by atoms with Crippen molar-refractivity contribution in [3.63, 3.8) is 0 Å². The third-order valence-electron chi connectivity index (χ3n) is 4.31. The molecule has 5 heteroatoms. The predicted molar refractivity (Wildman–Crippen MR) is 94.9 cm³/mol. The summed E-state index contributed by atoms with van der Waals surface area (Å²) in [7, 11) is 1.64. The second-order valence-corrected chi connectivity index (χ2v) is 6.30. The number of hydrogen-bond donors (Lipinski definition) is 2. The Morgan fingerprint density at radius 1 is 1.21 bits per heavy atom. The van der Waals surface area contributed by atoms with Crippen molar-refractivity contribution in [2.45, 2.75) is 46.8 Å². The minimum Gasteiger partial charge on any atom is -0.497 e. The fourth-order valence-corrected chi connectivity index (χ4v) is 2.91. The summed E-state index contributed by atoms with van der Waals surface area (Å²) in [4.78, 5) is 11.7. The van der Waals surface area contributed by atoms with Crippen LogP contribution in [0.15, 0.2) is 24.3 Å². The molecule has 0 aliphatic rings. The van der Waals surface area contributed by atoms with E-state index in [9.17, 15) is 9.90 Å². The van der Waals surface area contributed by atoms with Crippen molar-refractivity contribution in [3.05, 3.63) is 52.3 Å². The van der Waals surface area contributed by atoms with Gasteiger partial charge in [-0.2, -0.15) is 0 Å². The van der Waals surface area contributed by atoms with E-state index in [1.807, 2.05) is 38.1 Å². The standard InChI is InChI=1S/C19H26N2O3/c1-12(2)20-10-17-13(3)21(14(4)18(17)19(22)23)11-15-6-8-16(24-5)9-7-15/h6-9,12,20H,10-11H2,1-5H3,(H,22,23). The van der Waals surface area contributed by atoms with Crippen LogP contribution in [0.1, 0.15) is 46.7 Å². The van der Waals surface area contributed by atoms with Gasteiger partial charge in [0.25, 0.3) is 0 Å². The molecule has 0 spiro atoms. The Labute approximate surface area is 143 Å². The van der Waals surface area contributed by atoms with Gasteiger partial charge in [-0.15, -0.1) is 0 Å². The molecule has 0 bridgehead atoms. The number of aromatic nitrogens is 1. The van der Waals surface area contributed by atoms with E-state index in [0.717, 1.165) is 28.3 Å². The van der Waals surface area contributed by atoms with Gasteiger partial charge in [0.2, 0.25) is 0 Å². The number of benzene rings is 1. The average Bonchev–Trinajstić information content (AvgIpc) is 2.77. The molecule has 5 nitrogen and oxygen atoms in total. The lowest BCUT2D eigenvalue weighted by Crippen LogP contribution is -2.23. The van der Waals surface area contributed by atoms with Crippen molar-refractivity contribution < 1.29 is 14.6 Å². The molecule has 2 N–H and O–H groups in total. The van der Waals surface area contributed by atoms with E-state index in [4.69, 9.17) is 4.74 Å². The smallest absolute Gasteiger partial charge is 0.337 e. The second-order valence-electron chi connectivity index (χ2n) is 6.30. The molecule has 0 saturated carbocycles. The van der Waals surface area contributed by atoms with E-state index < -0.39 is 5.97 Å². The van der Waals surface area contributed by atoms with Crippen LogP contribution in [-0.2, 0) is 13.1 Å². The zero-order chi connectivity index (χ0) is 17.9. The Morgan fingerprint density at radius 2 is 1.83 bits per heavy atom. The highest BCUT2D eigenvalue weighted by Gasteiger charge is 2.22. The average molecular weight is 330 g/mol. The van der Waals surface area contributed by atoms with Crippen molar-refractivity contribution in [1.29, 1.82) is 0 Å². The third kappa shape index (κ3) is 3.79. The fraction of sp³-hybridized carbons (Fsp3) is 0.421. The van der Waals surface area contributed by atoms with Gasteiger partial charge in [-0.25, -0.2) is 4.79 Å². The summed E-state index contributed by atoms with van der Waals surface area (Å²) in [5.74, 6) is -0.0580. The molecule has 0 saturated heterocycles. The van der Waals surface area contributed by atoms with Crippen molar-refractivity contribution in [3.8, 4) is 5.75 Å². The molecule has 0 fully saturated rings. The number of nitrogens with zero attached hydrogens (tertiary/aromatic N) is 1. The normalized spacial score (nSPS) is 11.1. The Bertz CT molecular complexity index is 715. The van der Waals surface area contributed by atoms with Gasteiger partial charge in [0.1, 0.15) is 5.75 Å². The Hall–Kier alpha value is -2.27. The highest BCUT2D eigenvalue weighted by molar-refractivity contribution is 5.91. The lowest BCUT2D eigenvalue weighted by molar-refractivity contribution is 0.0694. The summed E-state index contributed by atoms with van der Waals surface area (Å²) >= 11 is 0. The third-order valence-corrected chi connectivity index (χ3v) is 4.31. The van der Waals surface area contributed by atoms with Crippen molar-refractivity contribution in [2.24, 2.45) is 0 Å². The van der Waals surface area contributed by atoms with Gasteiger partial charge >= 0.3 is 5.97 Å². The molecule has 0 aliphatic heterocycles. The number of nitrogens with one attached hydrogen (secondary N) is 1. The first-order chi connectivity index (χ1) is 11.3. The van der Waals surface area contributed by atoms with Gasteiger partial charge in [-0.1, -0.05) is 26.0 Å². The van der Waals surface area contributed by atoms with Crippen LogP contribution in [0.5, 0.6) is 5.75 Å². The van der Waals surface area contributed by atoms with Crippen LogP contribution < -0.4 is 10.1 Å². The number of ether oxygens (including phenoxy) is 1. The van der Waals surface area contributed by atoms with Crippen molar-refractivity contribution >= 4 is 5.97 Å². The van der Waals surface area contributed by atoms with Crippen molar-refractivity contribution in [1.82, 2.24) is 9.88 Å². The lowest BCUT2D eigenvalue weighted by atomic mass is 10.1. The fourth-order valence-electron chi connectivity index (χ4n) is 2.91. The first kappa shape index (κ1) is 18.1. The van der Waals surface area contributed by atoms with E-state index in [1.54, 1.807) is 7.11 Å². The number of carboxylic acid groups (broad SMARTS) is 1. The monoisotopic (exact) mass is 330 g/mol. The van der Waals surface area contributed by atoms with Crippen molar-refractivity contribution in [2.75, 3.05) is 7.11 Å². The zero-order valence-corrected chi connectivity index (χ0v) is 15.0. The molecule has 1 aromatic carbocycles. The minimum absolute atomic E-state index is 0.302. The van der Waals surface area contributed by atoms with Crippen LogP contribution in [0.2, 0.25) is 0 Å². The molecule has 0 amide bonds. The quantitative estimate of drug-likeness (QED) is 0.817. The molecule has 0 unspecified atom stereocenters. The second kappa shape index (κ2) is 7.53. The largest absolute Gasteiger partial charge is 0.497 e. The van der Waals surface area contributed by atoms with Crippen LogP contribution in [0.4, 0.5) is 0 Å². The molecule has 0 aliphatic carbocycles. The molecule has 130 valence electrons. The highest BCUT2D eigenvalue weighted by Crippen LogP contribution is 2.24. The number of rotatable bonds is 7. The number of carbonyl (C=O) groups is 1. The molecule has 2 aromatic rings. The SMILES string of the molecule is COc1ccc(Cn2c(C)c(CNC(C)C)c(C(=O)O)c2C)cc1.